The summed E-state index contributed by atoms with van der Waals surface area (Å²) in [4.78, 5) is 12.3. The molecule has 3 rings (SSSR count). The summed E-state index contributed by atoms with van der Waals surface area (Å²) in [7, 11) is 0.713. The summed E-state index contributed by atoms with van der Waals surface area (Å²) in [5.41, 5.74) is 3.25. The predicted octanol–water partition coefficient (Wildman–Crippen LogP) is 1.34. The maximum Gasteiger partial charge on any atom is 0.491 e. The van der Waals surface area contributed by atoms with Crippen LogP contribution in [0.4, 0.5) is 0 Å². The Morgan fingerprint density at radius 2 is 2.05 bits per heavy atom. The van der Waals surface area contributed by atoms with Gasteiger partial charge in [0.15, 0.2) is 5.78 Å². The highest BCUT2D eigenvalue weighted by Gasteiger charge is 2.27. The highest BCUT2D eigenvalue weighted by Crippen LogP contribution is 2.15. The Morgan fingerprint density at radius 3 is 2.76 bits per heavy atom. The molecule has 5 heteroatoms. The Balaban J connectivity index is 1.76. The Hall–Kier alpha value is -2.11. The molecule has 0 fully saturated rings. The molecule has 21 heavy (non-hydrogen) atoms. The van der Waals surface area contributed by atoms with Crippen molar-refractivity contribution in [3.8, 4) is 5.75 Å². The third-order valence-corrected chi connectivity index (χ3v) is 3.65. The third kappa shape index (κ3) is 2.84. The smallest absolute Gasteiger partial charge is 0.491 e. The fourth-order valence-corrected chi connectivity index (χ4v) is 2.44. The number of methoxy groups -OCH3 is 1. The van der Waals surface area contributed by atoms with Gasteiger partial charge < -0.3 is 14.4 Å². The minimum Gasteiger partial charge on any atom is -0.497 e. The molecule has 0 saturated carbocycles. The molecule has 0 spiro atoms. The number of carbonyl (C=O) groups excluding carboxylic acids is 1. The lowest BCUT2D eigenvalue weighted by Crippen LogP contribution is -2.28. The summed E-state index contributed by atoms with van der Waals surface area (Å²) in [6.45, 7) is 0.420. The average Bonchev–Trinajstić information content (AvgIpc) is 2.88. The van der Waals surface area contributed by atoms with Gasteiger partial charge in [-0.05, 0) is 40.9 Å². The van der Waals surface area contributed by atoms with E-state index in [-0.39, 0.29) is 5.78 Å². The summed E-state index contributed by atoms with van der Waals surface area (Å²) >= 11 is 0. The van der Waals surface area contributed by atoms with E-state index in [0.717, 1.165) is 22.3 Å². The van der Waals surface area contributed by atoms with Crippen LogP contribution < -0.4 is 10.2 Å². The second kappa shape index (κ2) is 5.72. The molecule has 0 bridgehead atoms. The zero-order valence-corrected chi connectivity index (χ0v) is 11.7. The van der Waals surface area contributed by atoms with Crippen molar-refractivity contribution >= 4 is 18.4 Å². The number of hydrogen-bond acceptors (Lipinski definition) is 4. The molecular formula is C16H15BO4. The van der Waals surface area contributed by atoms with Crippen LogP contribution in [-0.2, 0) is 17.7 Å². The van der Waals surface area contributed by atoms with Gasteiger partial charge in [0.1, 0.15) is 5.75 Å². The van der Waals surface area contributed by atoms with E-state index in [1.165, 1.54) is 0 Å². The fraction of sp³-hybridized carbons (Fsp3) is 0.188. The molecule has 106 valence electrons. The first-order valence-electron chi connectivity index (χ1n) is 6.76. The highest BCUT2D eigenvalue weighted by atomic mass is 16.5. The summed E-state index contributed by atoms with van der Waals surface area (Å²) in [5.74, 6) is 0.760. The van der Waals surface area contributed by atoms with E-state index >= 15 is 0 Å². The van der Waals surface area contributed by atoms with Crippen molar-refractivity contribution in [3.63, 3.8) is 0 Å². The lowest BCUT2D eigenvalue weighted by atomic mass is 9.78. The number of fused-ring (bicyclic) bond motifs is 1. The summed E-state index contributed by atoms with van der Waals surface area (Å²) < 4.78 is 10.2. The van der Waals surface area contributed by atoms with Gasteiger partial charge in [0, 0.05) is 12.0 Å². The standard InChI is InChI=1S/C16H15BO4/c1-20-14-6-4-12(5-7-14)16(18)9-11-2-3-13-10-21-17(19)15(13)8-11/h2-8,19H,9-10H2,1H3. The van der Waals surface area contributed by atoms with Crippen LogP contribution >= 0.6 is 0 Å². The molecule has 0 unspecified atom stereocenters. The number of benzene rings is 2. The maximum atomic E-state index is 12.3. The number of Topliss-reactive ketones (excluding diaryl/α,β-unsaturated/α-hetero) is 1. The van der Waals surface area contributed by atoms with E-state index in [0.29, 0.717) is 18.6 Å². The van der Waals surface area contributed by atoms with Crippen molar-refractivity contribution in [2.24, 2.45) is 0 Å². The van der Waals surface area contributed by atoms with E-state index in [1.54, 1.807) is 31.4 Å². The number of ether oxygens (including phenoxy) is 1. The zero-order chi connectivity index (χ0) is 14.8. The Bertz CT molecular complexity index is 666. The topological polar surface area (TPSA) is 55.8 Å². The third-order valence-electron chi connectivity index (χ3n) is 3.65. The second-order valence-electron chi connectivity index (χ2n) is 5.02. The van der Waals surface area contributed by atoms with Gasteiger partial charge in [0.2, 0.25) is 0 Å². The molecule has 1 heterocycles. The molecule has 2 aromatic rings. The number of ketones is 1. The largest absolute Gasteiger partial charge is 0.497 e. The lowest BCUT2D eigenvalue weighted by molar-refractivity contribution is 0.0993. The SMILES string of the molecule is COc1ccc(C(=O)Cc2ccc3c(c2)B(O)OC3)cc1. The van der Waals surface area contributed by atoms with Crippen molar-refractivity contribution in [1.82, 2.24) is 0 Å². The van der Waals surface area contributed by atoms with Crippen LogP contribution in [0.5, 0.6) is 5.75 Å². The Labute approximate surface area is 123 Å². The van der Waals surface area contributed by atoms with Crippen molar-refractivity contribution in [2.45, 2.75) is 13.0 Å². The van der Waals surface area contributed by atoms with Gasteiger partial charge >= 0.3 is 7.12 Å². The molecule has 1 N–H and O–H groups in total. The minimum absolute atomic E-state index is 0.0333. The predicted molar refractivity (Wildman–Crippen MR) is 79.9 cm³/mol. The van der Waals surface area contributed by atoms with Crippen LogP contribution in [-0.4, -0.2) is 25.0 Å². The van der Waals surface area contributed by atoms with Crippen molar-refractivity contribution in [1.29, 1.82) is 0 Å². The number of hydrogen-bond donors (Lipinski definition) is 1. The highest BCUT2D eigenvalue weighted by molar-refractivity contribution is 6.61. The molecule has 0 radical (unpaired) electrons. The summed E-state index contributed by atoms with van der Waals surface area (Å²) in [6, 6.07) is 12.7. The van der Waals surface area contributed by atoms with Crippen LogP contribution in [0.25, 0.3) is 0 Å². The molecule has 0 amide bonds. The lowest BCUT2D eigenvalue weighted by Gasteiger charge is -2.05. The molecule has 2 aromatic carbocycles. The molecule has 0 aromatic heterocycles. The van der Waals surface area contributed by atoms with Gasteiger partial charge in [0.05, 0.1) is 13.7 Å². The number of carbonyl (C=O) groups is 1. The van der Waals surface area contributed by atoms with Crippen molar-refractivity contribution in [3.05, 3.63) is 59.2 Å². The molecule has 1 aliphatic rings. The van der Waals surface area contributed by atoms with Gasteiger partial charge in [-0.1, -0.05) is 18.2 Å². The molecule has 0 atom stereocenters. The average molecular weight is 282 g/mol. The van der Waals surface area contributed by atoms with Crippen LogP contribution in [0.2, 0.25) is 0 Å². The van der Waals surface area contributed by atoms with E-state index in [2.05, 4.69) is 0 Å². The molecular weight excluding hydrogens is 267 g/mol. The van der Waals surface area contributed by atoms with Gasteiger partial charge in [0.25, 0.3) is 0 Å². The van der Waals surface area contributed by atoms with Gasteiger partial charge in [-0.25, -0.2) is 0 Å². The van der Waals surface area contributed by atoms with E-state index in [1.807, 2.05) is 18.2 Å². The molecule has 0 aliphatic carbocycles. The first-order valence-corrected chi connectivity index (χ1v) is 6.76. The Morgan fingerprint density at radius 1 is 1.29 bits per heavy atom. The quantitative estimate of drug-likeness (QED) is 0.679. The van der Waals surface area contributed by atoms with Crippen molar-refractivity contribution < 1.29 is 19.2 Å². The summed E-state index contributed by atoms with van der Waals surface area (Å²) in [5, 5.41) is 9.69. The summed E-state index contributed by atoms with van der Waals surface area (Å²) in [6.07, 6.45) is 0.298. The normalized spacial score (nSPS) is 13.1. The maximum absolute atomic E-state index is 12.3. The van der Waals surface area contributed by atoms with Gasteiger partial charge in [-0.15, -0.1) is 0 Å². The fourth-order valence-electron chi connectivity index (χ4n) is 2.44. The number of rotatable bonds is 4. The van der Waals surface area contributed by atoms with Gasteiger partial charge in [-0.2, -0.15) is 0 Å². The van der Waals surface area contributed by atoms with E-state index in [4.69, 9.17) is 9.39 Å². The van der Waals surface area contributed by atoms with Crippen LogP contribution in [0.3, 0.4) is 0 Å². The Kier molecular flexibility index (Phi) is 3.77. The van der Waals surface area contributed by atoms with E-state index < -0.39 is 7.12 Å². The monoisotopic (exact) mass is 282 g/mol. The molecule has 1 aliphatic heterocycles. The molecule has 4 nitrogen and oxygen atoms in total. The van der Waals surface area contributed by atoms with Crippen molar-refractivity contribution in [2.75, 3.05) is 7.11 Å². The van der Waals surface area contributed by atoms with E-state index in [9.17, 15) is 9.82 Å². The van der Waals surface area contributed by atoms with Crippen LogP contribution in [0.1, 0.15) is 21.5 Å². The van der Waals surface area contributed by atoms with Gasteiger partial charge in [-0.3, -0.25) is 4.79 Å². The second-order valence-corrected chi connectivity index (χ2v) is 5.02. The first-order chi connectivity index (χ1) is 10.2. The first kappa shape index (κ1) is 13.9. The van der Waals surface area contributed by atoms with Crippen LogP contribution in [0.15, 0.2) is 42.5 Å². The van der Waals surface area contributed by atoms with Crippen LogP contribution in [0, 0.1) is 0 Å². The zero-order valence-electron chi connectivity index (χ0n) is 11.7. The molecule has 0 saturated heterocycles. The minimum atomic E-state index is -0.879.